The van der Waals surface area contributed by atoms with E-state index in [-0.39, 0.29) is 0 Å². The predicted octanol–water partition coefficient (Wildman–Crippen LogP) is 1.73. The maximum atomic E-state index is 4.19. The number of H-pyrrole nitrogens is 1. The van der Waals surface area contributed by atoms with Gasteiger partial charge in [0.05, 0.1) is 30.5 Å². The highest BCUT2D eigenvalue weighted by Crippen LogP contribution is 2.06. The van der Waals surface area contributed by atoms with Gasteiger partial charge in [-0.05, 0) is 19.1 Å². The molecule has 2 aromatic heterocycles. The number of pyridine rings is 1. The average molecular weight is 188 g/mol. The maximum Gasteiger partial charge on any atom is 0.0922 e. The molecule has 0 saturated carbocycles. The predicted molar refractivity (Wildman–Crippen MR) is 54.9 cm³/mol. The SMILES string of the molecule is Cc1ccc(NCc2cnc[nH]2)cn1. The smallest absolute Gasteiger partial charge is 0.0922 e. The number of anilines is 1. The van der Waals surface area contributed by atoms with Gasteiger partial charge in [0.1, 0.15) is 0 Å². The molecule has 0 radical (unpaired) electrons. The third-order valence-electron chi connectivity index (χ3n) is 1.95. The summed E-state index contributed by atoms with van der Waals surface area (Å²) in [6, 6.07) is 3.99. The number of rotatable bonds is 3. The van der Waals surface area contributed by atoms with Crippen LogP contribution in [0.5, 0.6) is 0 Å². The standard InChI is InChI=1S/C10H12N4/c1-8-2-3-9(5-12-8)13-6-10-4-11-7-14-10/h2-5,7,13H,6H2,1H3,(H,11,14). The summed E-state index contributed by atoms with van der Waals surface area (Å²) >= 11 is 0. The van der Waals surface area contributed by atoms with Gasteiger partial charge in [0, 0.05) is 11.9 Å². The second kappa shape index (κ2) is 3.91. The Labute approximate surface area is 82.4 Å². The summed E-state index contributed by atoms with van der Waals surface area (Å²) in [5, 5.41) is 3.24. The van der Waals surface area contributed by atoms with Crippen LogP contribution in [0.1, 0.15) is 11.4 Å². The Morgan fingerprint density at radius 1 is 1.36 bits per heavy atom. The number of hydrogen-bond acceptors (Lipinski definition) is 3. The molecule has 2 N–H and O–H groups in total. The first-order valence-corrected chi connectivity index (χ1v) is 4.48. The van der Waals surface area contributed by atoms with Gasteiger partial charge >= 0.3 is 0 Å². The Hall–Kier alpha value is -1.84. The molecule has 0 amide bonds. The molecule has 0 unspecified atom stereocenters. The number of imidazole rings is 1. The van der Waals surface area contributed by atoms with Gasteiger partial charge < -0.3 is 10.3 Å². The lowest BCUT2D eigenvalue weighted by Gasteiger charge is -2.03. The fraction of sp³-hybridized carbons (Fsp3) is 0.200. The first-order chi connectivity index (χ1) is 6.84. The monoisotopic (exact) mass is 188 g/mol. The van der Waals surface area contributed by atoms with Gasteiger partial charge in [0.2, 0.25) is 0 Å². The number of aromatic amines is 1. The Balaban J connectivity index is 1.95. The van der Waals surface area contributed by atoms with Crippen LogP contribution in [0.3, 0.4) is 0 Å². The minimum atomic E-state index is 0.741. The highest BCUT2D eigenvalue weighted by molar-refractivity contribution is 5.40. The highest BCUT2D eigenvalue weighted by Gasteiger charge is 1.94. The van der Waals surface area contributed by atoms with E-state index in [0.717, 1.165) is 23.6 Å². The zero-order valence-electron chi connectivity index (χ0n) is 7.99. The molecule has 4 nitrogen and oxygen atoms in total. The van der Waals surface area contributed by atoms with Crippen LogP contribution in [0, 0.1) is 6.92 Å². The quantitative estimate of drug-likeness (QED) is 0.771. The molecular formula is C10H12N4. The maximum absolute atomic E-state index is 4.19. The summed E-state index contributed by atoms with van der Waals surface area (Å²) in [4.78, 5) is 11.2. The zero-order valence-corrected chi connectivity index (χ0v) is 7.99. The summed E-state index contributed by atoms with van der Waals surface area (Å²) in [6.45, 7) is 2.71. The van der Waals surface area contributed by atoms with E-state index in [1.165, 1.54) is 0 Å². The van der Waals surface area contributed by atoms with E-state index >= 15 is 0 Å². The Morgan fingerprint density at radius 2 is 2.29 bits per heavy atom. The Bertz CT molecular complexity index is 377. The second-order valence-corrected chi connectivity index (χ2v) is 3.12. The molecule has 2 heterocycles. The van der Waals surface area contributed by atoms with Gasteiger partial charge in [-0.2, -0.15) is 0 Å². The summed E-state index contributed by atoms with van der Waals surface area (Å²) in [7, 11) is 0. The molecule has 2 aromatic rings. The van der Waals surface area contributed by atoms with Crippen molar-refractivity contribution in [2.75, 3.05) is 5.32 Å². The van der Waals surface area contributed by atoms with E-state index in [1.54, 1.807) is 12.5 Å². The summed E-state index contributed by atoms with van der Waals surface area (Å²) in [5.41, 5.74) is 3.10. The molecule has 14 heavy (non-hydrogen) atoms. The summed E-state index contributed by atoms with van der Waals surface area (Å²) < 4.78 is 0. The molecule has 2 rings (SSSR count). The molecule has 72 valence electrons. The highest BCUT2D eigenvalue weighted by atomic mass is 14.9. The Morgan fingerprint density at radius 3 is 2.93 bits per heavy atom. The first-order valence-electron chi connectivity index (χ1n) is 4.48. The molecule has 0 aliphatic rings. The lowest BCUT2D eigenvalue weighted by molar-refractivity contribution is 1.06. The summed E-state index contributed by atoms with van der Waals surface area (Å²) in [5.74, 6) is 0. The van der Waals surface area contributed by atoms with Gasteiger partial charge in [0.25, 0.3) is 0 Å². The van der Waals surface area contributed by atoms with Gasteiger partial charge in [-0.25, -0.2) is 4.98 Å². The Kier molecular flexibility index (Phi) is 2.44. The zero-order chi connectivity index (χ0) is 9.80. The normalized spacial score (nSPS) is 10.1. The topological polar surface area (TPSA) is 53.6 Å². The van der Waals surface area contributed by atoms with Crippen molar-refractivity contribution in [3.05, 3.63) is 42.2 Å². The molecule has 0 bridgehead atoms. The van der Waals surface area contributed by atoms with Crippen LogP contribution in [0.4, 0.5) is 5.69 Å². The van der Waals surface area contributed by atoms with E-state index in [1.807, 2.05) is 25.3 Å². The van der Waals surface area contributed by atoms with E-state index in [2.05, 4.69) is 20.3 Å². The van der Waals surface area contributed by atoms with Gasteiger partial charge in [-0.3, -0.25) is 4.98 Å². The number of nitrogens with zero attached hydrogens (tertiary/aromatic N) is 2. The molecule has 0 aromatic carbocycles. The molecular weight excluding hydrogens is 176 g/mol. The number of aromatic nitrogens is 3. The lowest BCUT2D eigenvalue weighted by atomic mass is 10.3. The van der Waals surface area contributed by atoms with Crippen LogP contribution in [0.2, 0.25) is 0 Å². The van der Waals surface area contributed by atoms with Crippen molar-refractivity contribution < 1.29 is 0 Å². The van der Waals surface area contributed by atoms with Crippen molar-refractivity contribution >= 4 is 5.69 Å². The van der Waals surface area contributed by atoms with Gasteiger partial charge in [-0.15, -0.1) is 0 Å². The van der Waals surface area contributed by atoms with Crippen LogP contribution in [-0.2, 0) is 6.54 Å². The van der Waals surface area contributed by atoms with E-state index in [0.29, 0.717) is 0 Å². The largest absolute Gasteiger partial charge is 0.378 e. The van der Waals surface area contributed by atoms with Crippen molar-refractivity contribution in [1.82, 2.24) is 15.0 Å². The minimum Gasteiger partial charge on any atom is -0.378 e. The fourth-order valence-corrected chi connectivity index (χ4v) is 1.15. The van der Waals surface area contributed by atoms with E-state index in [4.69, 9.17) is 0 Å². The van der Waals surface area contributed by atoms with E-state index < -0.39 is 0 Å². The van der Waals surface area contributed by atoms with Gasteiger partial charge in [-0.1, -0.05) is 0 Å². The number of hydrogen-bond donors (Lipinski definition) is 2. The van der Waals surface area contributed by atoms with Crippen molar-refractivity contribution in [1.29, 1.82) is 0 Å². The molecule has 0 saturated heterocycles. The summed E-state index contributed by atoms with van der Waals surface area (Å²) in [6.07, 6.45) is 5.30. The van der Waals surface area contributed by atoms with Crippen LogP contribution in [0.15, 0.2) is 30.9 Å². The van der Waals surface area contributed by atoms with Crippen LogP contribution >= 0.6 is 0 Å². The molecule has 0 aliphatic heterocycles. The molecule has 0 fully saturated rings. The third kappa shape index (κ3) is 2.10. The second-order valence-electron chi connectivity index (χ2n) is 3.12. The molecule has 0 spiro atoms. The van der Waals surface area contributed by atoms with Gasteiger partial charge in [0.15, 0.2) is 0 Å². The van der Waals surface area contributed by atoms with Crippen LogP contribution in [0.25, 0.3) is 0 Å². The van der Waals surface area contributed by atoms with Crippen molar-refractivity contribution in [3.8, 4) is 0 Å². The van der Waals surface area contributed by atoms with E-state index in [9.17, 15) is 0 Å². The third-order valence-corrected chi connectivity index (χ3v) is 1.95. The fourth-order valence-electron chi connectivity index (χ4n) is 1.15. The lowest BCUT2D eigenvalue weighted by Crippen LogP contribution is -1.99. The van der Waals surface area contributed by atoms with Crippen molar-refractivity contribution in [3.63, 3.8) is 0 Å². The minimum absolute atomic E-state index is 0.741. The van der Waals surface area contributed by atoms with Crippen molar-refractivity contribution in [2.45, 2.75) is 13.5 Å². The molecule has 0 aliphatic carbocycles. The number of aryl methyl sites for hydroxylation is 1. The average Bonchev–Trinajstić information content (AvgIpc) is 2.70. The molecule has 4 heteroatoms. The first kappa shape index (κ1) is 8.74. The van der Waals surface area contributed by atoms with Crippen molar-refractivity contribution in [2.24, 2.45) is 0 Å². The molecule has 0 atom stereocenters. The van der Waals surface area contributed by atoms with Crippen LogP contribution in [-0.4, -0.2) is 15.0 Å². The van der Waals surface area contributed by atoms with Crippen LogP contribution < -0.4 is 5.32 Å². The number of nitrogens with one attached hydrogen (secondary N) is 2.